The van der Waals surface area contributed by atoms with E-state index in [2.05, 4.69) is 27.2 Å². The third-order valence-corrected chi connectivity index (χ3v) is 4.06. The fraction of sp³-hybridized carbons (Fsp3) is 0.222. The number of non-ortho nitro benzene ring substituents is 1. The van der Waals surface area contributed by atoms with Crippen LogP contribution in [-0.4, -0.2) is 27.1 Å². The van der Waals surface area contributed by atoms with E-state index in [4.69, 9.17) is 4.42 Å². The summed E-state index contributed by atoms with van der Waals surface area (Å²) in [5, 5.41) is 18.9. The highest BCUT2D eigenvalue weighted by Crippen LogP contribution is 2.25. The summed E-state index contributed by atoms with van der Waals surface area (Å²) in [6.07, 6.45) is 0. The highest BCUT2D eigenvalue weighted by atomic mass is 16.6. The first-order valence-corrected chi connectivity index (χ1v) is 7.87. The van der Waals surface area contributed by atoms with Crippen LogP contribution in [0.5, 0.6) is 0 Å². The van der Waals surface area contributed by atoms with E-state index >= 15 is 0 Å². The first-order valence-electron chi connectivity index (χ1n) is 7.87. The standard InChI is InChI=1S/C18H18N4O3/c1-13(21(2)12-14-6-4-3-5-7-14)17-19-20-18(25-17)15-8-10-16(11-9-15)22(23)24/h3-11,13H,12H2,1-2H3/t13-/m1/s1. The van der Waals surface area contributed by atoms with E-state index in [1.807, 2.05) is 32.2 Å². The van der Waals surface area contributed by atoms with E-state index in [1.165, 1.54) is 17.7 Å². The third kappa shape index (κ3) is 3.89. The van der Waals surface area contributed by atoms with Crippen molar-refractivity contribution < 1.29 is 9.34 Å². The van der Waals surface area contributed by atoms with Crippen LogP contribution < -0.4 is 0 Å². The van der Waals surface area contributed by atoms with E-state index in [0.717, 1.165) is 6.54 Å². The first kappa shape index (κ1) is 16.8. The Bertz CT molecular complexity index is 846. The van der Waals surface area contributed by atoms with Gasteiger partial charge in [0, 0.05) is 24.2 Å². The van der Waals surface area contributed by atoms with Crippen molar-refractivity contribution >= 4 is 5.69 Å². The number of nitro benzene ring substituents is 1. The molecule has 128 valence electrons. The zero-order valence-corrected chi connectivity index (χ0v) is 14.0. The predicted molar refractivity (Wildman–Crippen MR) is 92.7 cm³/mol. The Morgan fingerprint density at radius 2 is 1.80 bits per heavy atom. The summed E-state index contributed by atoms with van der Waals surface area (Å²) < 4.78 is 5.76. The fourth-order valence-electron chi connectivity index (χ4n) is 2.44. The van der Waals surface area contributed by atoms with E-state index < -0.39 is 4.92 Å². The summed E-state index contributed by atoms with van der Waals surface area (Å²) in [6.45, 7) is 2.76. The van der Waals surface area contributed by atoms with Crippen LogP contribution in [0.1, 0.15) is 24.4 Å². The molecule has 2 aromatic carbocycles. The van der Waals surface area contributed by atoms with Crippen molar-refractivity contribution in [1.82, 2.24) is 15.1 Å². The Morgan fingerprint density at radius 1 is 1.12 bits per heavy atom. The second-order valence-corrected chi connectivity index (χ2v) is 5.83. The molecule has 0 fully saturated rings. The lowest BCUT2D eigenvalue weighted by Gasteiger charge is -2.21. The Morgan fingerprint density at radius 3 is 2.44 bits per heavy atom. The van der Waals surface area contributed by atoms with E-state index in [0.29, 0.717) is 17.3 Å². The predicted octanol–water partition coefficient (Wildman–Crippen LogP) is 3.84. The van der Waals surface area contributed by atoms with Gasteiger partial charge in [-0.05, 0) is 31.7 Å². The van der Waals surface area contributed by atoms with Gasteiger partial charge in [-0.25, -0.2) is 0 Å². The van der Waals surface area contributed by atoms with Crippen LogP contribution in [0.25, 0.3) is 11.5 Å². The molecule has 3 aromatic rings. The lowest BCUT2D eigenvalue weighted by Crippen LogP contribution is -2.22. The molecular weight excluding hydrogens is 320 g/mol. The Hall–Kier alpha value is -3.06. The molecule has 0 unspecified atom stereocenters. The zero-order chi connectivity index (χ0) is 17.8. The van der Waals surface area contributed by atoms with Gasteiger partial charge in [0.05, 0.1) is 11.0 Å². The number of rotatable bonds is 6. The fourth-order valence-corrected chi connectivity index (χ4v) is 2.44. The third-order valence-electron chi connectivity index (χ3n) is 4.06. The molecule has 0 aliphatic heterocycles. The molecular formula is C18H18N4O3. The number of hydrogen-bond donors (Lipinski definition) is 0. The van der Waals surface area contributed by atoms with Crippen LogP contribution in [-0.2, 0) is 6.54 Å². The van der Waals surface area contributed by atoms with Crippen LogP contribution in [0.2, 0.25) is 0 Å². The van der Waals surface area contributed by atoms with Crippen molar-refractivity contribution in [2.75, 3.05) is 7.05 Å². The number of hydrogen-bond acceptors (Lipinski definition) is 6. The van der Waals surface area contributed by atoms with Crippen LogP contribution in [0.3, 0.4) is 0 Å². The maximum atomic E-state index is 10.7. The summed E-state index contributed by atoms with van der Waals surface area (Å²) in [6, 6.07) is 16.1. The monoisotopic (exact) mass is 338 g/mol. The Balaban J connectivity index is 1.72. The molecule has 25 heavy (non-hydrogen) atoms. The molecule has 0 saturated heterocycles. The summed E-state index contributed by atoms with van der Waals surface area (Å²) in [5.41, 5.74) is 1.88. The second-order valence-electron chi connectivity index (χ2n) is 5.83. The number of nitrogens with zero attached hydrogens (tertiary/aromatic N) is 4. The van der Waals surface area contributed by atoms with Gasteiger partial charge in [0.25, 0.3) is 5.69 Å². The Kier molecular flexibility index (Phi) is 4.85. The van der Waals surface area contributed by atoms with Gasteiger partial charge in [-0.15, -0.1) is 10.2 Å². The number of aromatic nitrogens is 2. The van der Waals surface area contributed by atoms with Crippen molar-refractivity contribution in [2.45, 2.75) is 19.5 Å². The van der Waals surface area contributed by atoms with Gasteiger partial charge in [0.2, 0.25) is 11.8 Å². The largest absolute Gasteiger partial charge is 0.419 e. The quantitative estimate of drug-likeness (QED) is 0.501. The molecule has 3 rings (SSSR count). The lowest BCUT2D eigenvalue weighted by molar-refractivity contribution is -0.384. The van der Waals surface area contributed by atoms with Gasteiger partial charge in [0.15, 0.2) is 0 Å². The lowest BCUT2D eigenvalue weighted by atomic mass is 10.2. The normalized spacial score (nSPS) is 12.3. The van der Waals surface area contributed by atoms with Crippen LogP contribution in [0.4, 0.5) is 5.69 Å². The molecule has 0 amide bonds. The molecule has 1 aromatic heterocycles. The number of nitro groups is 1. The van der Waals surface area contributed by atoms with E-state index in [1.54, 1.807) is 12.1 Å². The van der Waals surface area contributed by atoms with E-state index in [9.17, 15) is 10.1 Å². The van der Waals surface area contributed by atoms with Gasteiger partial charge >= 0.3 is 0 Å². The molecule has 0 N–H and O–H groups in total. The van der Waals surface area contributed by atoms with Crippen LogP contribution in [0.15, 0.2) is 59.0 Å². The molecule has 7 heteroatoms. The average Bonchev–Trinajstić information content (AvgIpc) is 3.12. The molecule has 1 atom stereocenters. The highest BCUT2D eigenvalue weighted by molar-refractivity contribution is 5.55. The summed E-state index contributed by atoms with van der Waals surface area (Å²) in [5.74, 6) is 0.858. The maximum absolute atomic E-state index is 10.7. The van der Waals surface area contributed by atoms with Crippen molar-refractivity contribution in [2.24, 2.45) is 0 Å². The minimum absolute atomic E-state index is 0.0273. The number of benzene rings is 2. The summed E-state index contributed by atoms with van der Waals surface area (Å²) >= 11 is 0. The first-order chi connectivity index (χ1) is 12.0. The minimum atomic E-state index is -0.441. The molecule has 0 spiro atoms. The summed E-state index contributed by atoms with van der Waals surface area (Å²) in [7, 11) is 1.99. The van der Waals surface area contributed by atoms with E-state index in [-0.39, 0.29) is 11.7 Å². The summed E-state index contributed by atoms with van der Waals surface area (Å²) in [4.78, 5) is 12.4. The molecule has 0 radical (unpaired) electrons. The second kappa shape index (κ2) is 7.23. The molecule has 7 nitrogen and oxygen atoms in total. The smallest absolute Gasteiger partial charge is 0.269 e. The zero-order valence-electron chi connectivity index (χ0n) is 14.0. The van der Waals surface area contributed by atoms with Crippen LogP contribution in [0, 0.1) is 10.1 Å². The van der Waals surface area contributed by atoms with Crippen molar-refractivity contribution in [3.63, 3.8) is 0 Å². The average molecular weight is 338 g/mol. The maximum Gasteiger partial charge on any atom is 0.269 e. The minimum Gasteiger partial charge on any atom is -0.419 e. The van der Waals surface area contributed by atoms with Crippen molar-refractivity contribution in [1.29, 1.82) is 0 Å². The topological polar surface area (TPSA) is 85.3 Å². The molecule has 0 aliphatic carbocycles. The van der Waals surface area contributed by atoms with Gasteiger partial charge < -0.3 is 4.42 Å². The van der Waals surface area contributed by atoms with Gasteiger partial charge in [-0.1, -0.05) is 30.3 Å². The molecule has 1 heterocycles. The van der Waals surface area contributed by atoms with Gasteiger partial charge in [-0.3, -0.25) is 15.0 Å². The molecule has 0 aliphatic rings. The molecule has 0 saturated carbocycles. The van der Waals surface area contributed by atoms with Gasteiger partial charge in [-0.2, -0.15) is 0 Å². The highest BCUT2D eigenvalue weighted by Gasteiger charge is 2.19. The van der Waals surface area contributed by atoms with Crippen molar-refractivity contribution in [3.05, 3.63) is 76.2 Å². The molecule has 0 bridgehead atoms. The van der Waals surface area contributed by atoms with Crippen molar-refractivity contribution in [3.8, 4) is 11.5 Å². The SMILES string of the molecule is C[C@H](c1nnc(-c2ccc([N+](=O)[O-])cc2)o1)N(C)Cc1ccccc1. The van der Waals surface area contributed by atoms with Gasteiger partial charge in [0.1, 0.15) is 0 Å². The van der Waals surface area contributed by atoms with Crippen LogP contribution >= 0.6 is 0 Å². The Labute approximate surface area is 145 Å².